The highest BCUT2D eigenvalue weighted by Crippen LogP contribution is 2.41. The first-order chi connectivity index (χ1) is 9.14. The highest BCUT2D eigenvalue weighted by atomic mass is 35.5. The van der Waals surface area contributed by atoms with Crippen LogP contribution in [0.1, 0.15) is 31.7 Å². The maximum atomic E-state index is 6.20. The van der Waals surface area contributed by atoms with Crippen LogP contribution in [-0.4, -0.2) is 19.6 Å². The lowest BCUT2D eigenvalue weighted by atomic mass is 9.65. The van der Waals surface area contributed by atoms with Crippen LogP contribution >= 0.6 is 23.2 Å². The Hall–Kier alpha value is -0.280. The molecule has 3 N–H and O–H groups in total. The van der Waals surface area contributed by atoms with Gasteiger partial charge in [-0.15, -0.1) is 0 Å². The van der Waals surface area contributed by atoms with E-state index in [0.717, 1.165) is 25.9 Å². The quantitative estimate of drug-likeness (QED) is 0.891. The molecule has 1 saturated heterocycles. The predicted octanol–water partition coefficient (Wildman–Crippen LogP) is 3.60. The normalized spacial score (nSPS) is 25.3. The smallest absolute Gasteiger partial charge is 0.0595 e. The first-order valence-corrected chi connectivity index (χ1v) is 7.76. The van der Waals surface area contributed by atoms with E-state index >= 15 is 0 Å². The number of rotatable bonds is 4. The third-order valence-electron chi connectivity index (χ3n) is 4.47. The van der Waals surface area contributed by atoms with Crippen LogP contribution < -0.4 is 11.1 Å². The topological polar surface area (TPSA) is 38.0 Å². The summed E-state index contributed by atoms with van der Waals surface area (Å²) in [4.78, 5) is 0. The number of halogens is 2. The number of benzene rings is 1. The number of nitrogens with one attached hydrogen (secondary N) is 1. The molecule has 2 atom stereocenters. The van der Waals surface area contributed by atoms with E-state index < -0.39 is 0 Å². The van der Waals surface area contributed by atoms with Gasteiger partial charge in [-0.1, -0.05) is 42.6 Å². The Morgan fingerprint density at radius 1 is 1.37 bits per heavy atom. The zero-order valence-corrected chi connectivity index (χ0v) is 12.9. The molecule has 0 bridgehead atoms. The van der Waals surface area contributed by atoms with Crippen molar-refractivity contribution in [1.29, 1.82) is 0 Å². The molecule has 4 heteroatoms. The molecule has 0 spiro atoms. The van der Waals surface area contributed by atoms with Gasteiger partial charge in [0.05, 0.1) is 10.0 Å². The molecule has 19 heavy (non-hydrogen) atoms. The summed E-state index contributed by atoms with van der Waals surface area (Å²) in [5, 5.41) is 4.78. The van der Waals surface area contributed by atoms with Crippen LogP contribution in [0.15, 0.2) is 18.2 Å². The molecule has 1 aliphatic rings. The minimum Gasteiger partial charge on any atom is -0.330 e. The zero-order chi connectivity index (χ0) is 13.9. The largest absolute Gasteiger partial charge is 0.330 e. The van der Waals surface area contributed by atoms with Gasteiger partial charge in [-0.05, 0) is 49.5 Å². The second kappa shape index (κ2) is 6.45. The fourth-order valence-corrected chi connectivity index (χ4v) is 3.65. The minimum absolute atomic E-state index is 0.0932. The van der Waals surface area contributed by atoms with E-state index in [0.29, 0.717) is 22.5 Å². The Bertz CT molecular complexity index is 424. The van der Waals surface area contributed by atoms with Crippen molar-refractivity contribution in [3.8, 4) is 0 Å². The van der Waals surface area contributed by atoms with Crippen molar-refractivity contribution in [3.05, 3.63) is 33.8 Å². The van der Waals surface area contributed by atoms with E-state index in [9.17, 15) is 0 Å². The SMILES string of the molecule is CCC(CN)C1(c2ccc(Cl)c(Cl)c2)CCCNC1. The molecule has 1 fully saturated rings. The standard InChI is InChI=1S/C15H22Cl2N2/c1-2-11(9-18)15(6-3-7-19-10-15)12-4-5-13(16)14(17)8-12/h4-5,8,11,19H,2-3,6-7,9-10,18H2,1H3. The van der Waals surface area contributed by atoms with Gasteiger partial charge in [-0.25, -0.2) is 0 Å². The van der Waals surface area contributed by atoms with Gasteiger partial charge in [-0.2, -0.15) is 0 Å². The maximum Gasteiger partial charge on any atom is 0.0595 e. The van der Waals surface area contributed by atoms with E-state index in [2.05, 4.69) is 18.3 Å². The molecule has 2 nitrogen and oxygen atoms in total. The highest BCUT2D eigenvalue weighted by molar-refractivity contribution is 6.42. The fourth-order valence-electron chi connectivity index (χ4n) is 3.35. The summed E-state index contributed by atoms with van der Waals surface area (Å²) in [7, 11) is 0. The number of hydrogen-bond acceptors (Lipinski definition) is 2. The van der Waals surface area contributed by atoms with Crippen molar-refractivity contribution in [2.24, 2.45) is 11.7 Å². The molecule has 0 aliphatic carbocycles. The van der Waals surface area contributed by atoms with Gasteiger partial charge >= 0.3 is 0 Å². The van der Waals surface area contributed by atoms with Crippen molar-refractivity contribution in [3.63, 3.8) is 0 Å². The molecule has 1 aliphatic heterocycles. The van der Waals surface area contributed by atoms with Gasteiger partial charge in [-0.3, -0.25) is 0 Å². The molecule has 2 rings (SSSR count). The molecule has 0 radical (unpaired) electrons. The van der Waals surface area contributed by atoms with Crippen molar-refractivity contribution in [2.75, 3.05) is 19.6 Å². The lowest BCUT2D eigenvalue weighted by Gasteiger charge is -2.44. The molecular weight excluding hydrogens is 279 g/mol. The van der Waals surface area contributed by atoms with Crippen LogP contribution in [-0.2, 0) is 5.41 Å². The van der Waals surface area contributed by atoms with Crippen LogP contribution in [0.25, 0.3) is 0 Å². The number of hydrogen-bond donors (Lipinski definition) is 2. The van der Waals surface area contributed by atoms with Crippen molar-refractivity contribution < 1.29 is 0 Å². The van der Waals surface area contributed by atoms with E-state index in [1.807, 2.05) is 12.1 Å². The molecule has 0 saturated carbocycles. The first kappa shape index (κ1) is 15.1. The van der Waals surface area contributed by atoms with E-state index in [1.165, 1.54) is 12.0 Å². The Kier molecular flexibility index (Phi) is 5.13. The predicted molar refractivity (Wildman–Crippen MR) is 83.1 cm³/mol. The number of nitrogens with two attached hydrogens (primary N) is 1. The van der Waals surface area contributed by atoms with Gasteiger partial charge in [0.2, 0.25) is 0 Å². The Morgan fingerprint density at radius 2 is 2.16 bits per heavy atom. The summed E-state index contributed by atoms with van der Waals surface area (Å²) in [5.41, 5.74) is 7.38. The van der Waals surface area contributed by atoms with Crippen LogP contribution in [0.5, 0.6) is 0 Å². The third kappa shape index (κ3) is 2.92. The maximum absolute atomic E-state index is 6.20. The molecular formula is C15H22Cl2N2. The summed E-state index contributed by atoms with van der Waals surface area (Å²) in [6.07, 6.45) is 3.42. The Morgan fingerprint density at radius 3 is 2.68 bits per heavy atom. The van der Waals surface area contributed by atoms with Gasteiger partial charge < -0.3 is 11.1 Å². The van der Waals surface area contributed by atoms with Crippen LogP contribution in [0, 0.1) is 5.92 Å². The molecule has 106 valence electrons. The first-order valence-electron chi connectivity index (χ1n) is 7.00. The Balaban J connectivity index is 2.43. The van der Waals surface area contributed by atoms with Crippen LogP contribution in [0.2, 0.25) is 10.0 Å². The molecule has 1 aromatic carbocycles. The van der Waals surface area contributed by atoms with Gasteiger partial charge in [0.25, 0.3) is 0 Å². The molecule has 1 heterocycles. The summed E-state index contributed by atoms with van der Waals surface area (Å²) in [5.74, 6) is 0.470. The van der Waals surface area contributed by atoms with E-state index in [1.54, 1.807) is 0 Å². The summed E-state index contributed by atoms with van der Waals surface area (Å²) in [6, 6.07) is 6.04. The van der Waals surface area contributed by atoms with Crippen molar-refractivity contribution in [1.82, 2.24) is 5.32 Å². The van der Waals surface area contributed by atoms with Crippen LogP contribution in [0.4, 0.5) is 0 Å². The molecule has 0 amide bonds. The van der Waals surface area contributed by atoms with Crippen LogP contribution in [0.3, 0.4) is 0 Å². The summed E-state index contributed by atoms with van der Waals surface area (Å²) in [6.45, 7) is 4.98. The van der Waals surface area contributed by atoms with Crippen molar-refractivity contribution in [2.45, 2.75) is 31.6 Å². The van der Waals surface area contributed by atoms with E-state index in [4.69, 9.17) is 28.9 Å². The molecule has 1 aromatic rings. The molecule has 2 unspecified atom stereocenters. The van der Waals surface area contributed by atoms with Crippen molar-refractivity contribution >= 4 is 23.2 Å². The zero-order valence-electron chi connectivity index (χ0n) is 11.4. The minimum atomic E-state index is 0.0932. The average molecular weight is 301 g/mol. The monoisotopic (exact) mass is 300 g/mol. The fraction of sp³-hybridized carbons (Fsp3) is 0.600. The Labute approximate surface area is 125 Å². The van der Waals surface area contributed by atoms with Gasteiger partial charge in [0, 0.05) is 12.0 Å². The number of piperidine rings is 1. The second-order valence-corrected chi connectivity index (χ2v) is 6.22. The molecule has 0 aromatic heterocycles. The van der Waals surface area contributed by atoms with Gasteiger partial charge in [0.1, 0.15) is 0 Å². The third-order valence-corrected chi connectivity index (χ3v) is 5.21. The van der Waals surface area contributed by atoms with E-state index in [-0.39, 0.29) is 5.41 Å². The lowest BCUT2D eigenvalue weighted by Crippen LogP contribution is -2.50. The summed E-state index contributed by atoms with van der Waals surface area (Å²) < 4.78 is 0. The van der Waals surface area contributed by atoms with Gasteiger partial charge in [0.15, 0.2) is 0 Å². The second-order valence-electron chi connectivity index (χ2n) is 5.41. The summed E-state index contributed by atoms with van der Waals surface area (Å²) >= 11 is 12.2. The highest BCUT2D eigenvalue weighted by Gasteiger charge is 2.40. The lowest BCUT2D eigenvalue weighted by molar-refractivity contribution is 0.205. The average Bonchev–Trinajstić information content (AvgIpc) is 2.44.